The molecule has 0 amide bonds. The number of hydrogen-bond acceptors (Lipinski definition) is 5. The van der Waals surface area contributed by atoms with Crippen LogP contribution in [0.1, 0.15) is 49.8 Å². The second-order valence-corrected chi connectivity index (χ2v) is 9.46. The Bertz CT molecular complexity index is 981. The summed E-state index contributed by atoms with van der Waals surface area (Å²) in [5.41, 5.74) is 11.4. The maximum Gasteiger partial charge on any atom is 0.161 e. The third-order valence-corrected chi connectivity index (χ3v) is 6.74. The lowest BCUT2D eigenvalue weighted by atomic mass is 9.65. The molecule has 5 heteroatoms. The maximum atomic E-state index is 13.4. The number of rotatable bonds is 3. The number of nitrogens with one attached hydrogen (secondary N) is 3. The highest BCUT2D eigenvalue weighted by Crippen LogP contribution is 2.51. The first-order chi connectivity index (χ1) is 14.5. The van der Waals surface area contributed by atoms with Crippen molar-refractivity contribution in [1.29, 1.82) is 0 Å². The van der Waals surface area contributed by atoms with Gasteiger partial charge in [0.05, 0.1) is 19.3 Å². The molecule has 0 saturated carbocycles. The van der Waals surface area contributed by atoms with Crippen LogP contribution in [-0.4, -0.2) is 19.1 Å². The average molecular weight is 404 g/mol. The van der Waals surface area contributed by atoms with E-state index in [9.17, 15) is 4.79 Å². The number of carbonyl (C=O) groups excluding carboxylic acids is 1. The van der Waals surface area contributed by atoms with Crippen molar-refractivity contribution >= 4 is 5.78 Å². The molecule has 2 aliphatic heterocycles. The van der Waals surface area contributed by atoms with Gasteiger partial charge in [-0.05, 0) is 35.1 Å². The molecule has 0 bridgehead atoms. The van der Waals surface area contributed by atoms with Crippen LogP contribution in [0.4, 0.5) is 0 Å². The maximum absolute atomic E-state index is 13.4. The molecule has 5 rings (SSSR count). The minimum absolute atomic E-state index is 0.0155. The summed E-state index contributed by atoms with van der Waals surface area (Å²) in [4.78, 5) is 13.4. The van der Waals surface area contributed by atoms with E-state index >= 15 is 0 Å². The number of Topliss-reactive ketones (excluding diaryl/α,β-unsaturated/α-hetero) is 1. The van der Waals surface area contributed by atoms with Crippen LogP contribution in [0.3, 0.4) is 0 Å². The van der Waals surface area contributed by atoms with E-state index in [4.69, 9.17) is 4.74 Å². The summed E-state index contributed by atoms with van der Waals surface area (Å²) < 4.78 is 5.33. The highest BCUT2D eigenvalue weighted by molar-refractivity contribution is 5.99. The predicted octanol–water partition coefficient (Wildman–Crippen LogP) is 3.82. The van der Waals surface area contributed by atoms with Crippen molar-refractivity contribution in [2.45, 2.75) is 44.8 Å². The average Bonchev–Trinajstić information content (AvgIpc) is 3.15. The zero-order chi connectivity index (χ0) is 20.9. The first-order valence-corrected chi connectivity index (χ1v) is 10.7. The number of ether oxygens (including phenoxy) is 1. The van der Waals surface area contributed by atoms with Gasteiger partial charge in [-0.3, -0.25) is 4.79 Å². The third kappa shape index (κ3) is 3.22. The standard InChI is InChI=1S/C25H29N3O2/c1-25(2)13-18-21(19(29)14-25)20(15-7-5-4-6-8-15)22-23(27-28-24(22)26-18)16-9-11-17(30-3)12-10-16/h4-12,20,22-24,26-28H,13-14H2,1-3H3. The van der Waals surface area contributed by atoms with Gasteiger partial charge in [0.25, 0.3) is 0 Å². The molecule has 5 nitrogen and oxygen atoms in total. The molecule has 2 aromatic carbocycles. The molecule has 0 spiro atoms. The molecular formula is C25H29N3O2. The Labute approximate surface area is 177 Å². The number of carbonyl (C=O) groups is 1. The fourth-order valence-corrected chi connectivity index (χ4v) is 5.45. The van der Waals surface area contributed by atoms with Gasteiger partial charge < -0.3 is 10.1 Å². The van der Waals surface area contributed by atoms with E-state index in [2.05, 4.69) is 66.4 Å². The van der Waals surface area contributed by atoms with Crippen LogP contribution >= 0.6 is 0 Å². The molecule has 4 atom stereocenters. The molecule has 4 unspecified atom stereocenters. The van der Waals surface area contributed by atoms with Gasteiger partial charge in [-0.1, -0.05) is 56.3 Å². The van der Waals surface area contributed by atoms with Gasteiger partial charge in [0.1, 0.15) is 5.75 Å². The van der Waals surface area contributed by atoms with E-state index < -0.39 is 0 Å². The van der Waals surface area contributed by atoms with E-state index in [0.717, 1.165) is 23.4 Å². The molecule has 3 aliphatic rings. The SMILES string of the molecule is COc1ccc(C2NNC3NC4=C(C(=O)CC(C)(C)C4)C(c4ccccc4)C32)cc1. The van der Waals surface area contributed by atoms with E-state index in [1.807, 2.05) is 18.2 Å². The summed E-state index contributed by atoms with van der Waals surface area (Å²) in [6.45, 7) is 4.36. The molecule has 2 heterocycles. The van der Waals surface area contributed by atoms with Crippen molar-refractivity contribution in [2.24, 2.45) is 11.3 Å². The molecule has 1 saturated heterocycles. The number of methoxy groups -OCH3 is 1. The number of allylic oxidation sites excluding steroid dienone is 2. The van der Waals surface area contributed by atoms with Gasteiger partial charge >= 0.3 is 0 Å². The molecule has 0 aromatic heterocycles. The molecule has 0 radical (unpaired) electrons. The van der Waals surface area contributed by atoms with Gasteiger partial charge in [-0.25, -0.2) is 10.9 Å². The van der Waals surface area contributed by atoms with Crippen LogP contribution in [0, 0.1) is 11.3 Å². The summed E-state index contributed by atoms with van der Waals surface area (Å²) in [7, 11) is 1.68. The summed E-state index contributed by atoms with van der Waals surface area (Å²) in [5, 5.41) is 3.69. The van der Waals surface area contributed by atoms with Crippen LogP contribution in [-0.2, 0) is 4.79 Å². The molecule has 1 fully saturated rings. The fraction of sp³-hybridized carbons (Fsp3) is 0.400. The van der Waals surface area contributed by atoms with E-state index in [0.29, 0.717) is 6.42 Å². The molecular weight excluding hydrogens is 374 g/mol. The minimum atomic E-state index is -0.0155. The van der Waals surface area contributed by atoms with Crippen LogP contribution in [0.2, 0.25) is 0 Å². The number of hydrogen-bond donors (Lipinski definition) is 3. The Kier molecular flexibility index (Phi) is 4.68. The summed E-state index contributed by atoms with van der Waals surface area (Å²) >= 11 is 0. The van der Waals surface area contributed by atoms with E-state index in [-0.39, 0.29) is 35.2 Å². The number of fused-ring (bicyclic) bond motifs is 1. The Morgan fingerprint density at radius 2 is 1.67 bits per heavy atom. The topological polar surface area (TPSA) is 62.4 Å². The normalized spacial score (nSPS) is 29.8. The van der Waals surface area contributed by atoms with Gasteiger partial charge in [0.15, 0.2) is 5.78 Å². The molecule has 156 valence electrons. The lowest BCUT2D eigenvalue weighted by Gasteiger charge is -2.44. The third-order valence-electron chi connectivity index (χ3n) is 6.74. The predicted molar refractivity (Wildman–Crippen MR) is 117 cm³/mol. The Morgan fingerprint density at radius 1 is 0.933 bits per heavy atom. The van der Waals surface area contributed by atoms with Gasteiger partial charge in [0.2, 0.25) is 0 Å². The monoisotopic (exact) mass is 403 g/mol. The highest BCUT2D eigenvalue weighted by atomic mass is 16.5. The van der Waals surface area contributed by atoms with E-state index in [1.54, 1.807) is 7.11 Å². The van der Waals surface area contributed by atoms with Gasteiger partial charge in [0, 0.05) is 29.5 Å². The Hall–Kier alpha value is -2.63. The van der Waals surface area contributed by atoms with Crippen molar-refractivity contribution in [3.8, 4) is 5.75 Å². The lowest BCUT2D eigenvalue weighted by Crippen LogP contribution is -2.51. The highest BCUT2D eigenvalue weighted by Gasteiger charge is 2.51. The first kappa shape index (κ1) is 19.3. The largest absolute Gasteiger partial charge is 0.497 e. The molecule has 3 N–H and O–H groups in total. The lowest BCUT2D eigenvalue weighted by molar-refractivity contribution is -0.118. The van der Waals surface area contributed by atoms with Gasteiger partial charge in [-0.15, -0.1) is 0 Å². The van der Waals surface area contributed by atoms with Crippen molar-refractivity contribution < 1.29 is 9.53 Å². The summed E-state index contributed by atoms with van der Waals surface area (Å²) in [6, 6.07) is 18.8. The zero-order valence-corrected chi connectivity index (χ0v) is 17.7. The first-order valence-electron chi connectivity index (χ1n) is 10.7. The molecule has 30 heavy (non-hydrogen) atoms. The van der Waals surface area contributed by atoms with Crippen molar-refractivity contribution in [1.82, 2.24) is 16.2 Å². The smallest absolute Gasteiger partial charge is 0.161 e. The second kappa shape index (κ2) is 7.25. The van der Waals surface area contributed by atoms with Crippen molar-refractivity contribution in [3.05, 3.63) is 77.0 Å². The van der Waals surface area contributed by atoms with Gasteiger partial charge in [-0.2, -0.15) is 0 Å². The van der Waals surface area contributed by atoms with Crippen LogP contribution in [0.25, 0.3) is 0 Å². The second-order valence-electron chi connectivity index (χ2n) is 9.46. The van der Waals surface area contributed by atoms with E-state index in [1.165, 1.54) is 11.1 Å². The molecule has 2 aromatic rings. The summed E-state index contributed by atoms with van der Waals surface area (Å²) in [6.07, 6.45) is 1.56. The molecule has 1 aliphatic carbocycles. The quantitative estimate of drug-likeness (QED) is 0.727. The Balaban J connectivity index is 1.61. The Morgan fingerprint density at radius 3 is 2.37 bits per heavy atom. The number of ketones is 1. The summed E-state index contributed by atoms with van der Waals surface area (Å²) in [5.74, 6) is 1.34. The zero-order valence-electron chi connectivity index (χ0n) is 17.7. The van der Waals surface area contributed by atoms with Crippen LogP contribution in [0.15, 0.2) is 65.9 Å². The van der Waals surface area contributed by atoms with Crippen molar-refractivity contribution in [2.75, 3.05) is 7.11 Å². The van der Waals surface area contributed by atoms with Crippen LogP contribution in [0.5, 0.6) is 5.75 Å². The number of hydrazine groups is 1. The number of benzene rings is 2. The van der Waals surface area contributed by atoms with Crippen molar-refractivity contribution in [3.63, 3.8) is 0 Å². The minimum Gasteiger partial charge on any atom is -0.497 e. The fourth-order valence-electron chi connectivity index (χ4n) is 5.45. The van der Waals surface area contributed by atoms with Crippen LogP contribution < -0.4 is 20.9 Å².